The SMILES string of the molecule is CCCOc1cccc(C=CCNC(C)(C)C)c1. The largest absolute Gasteiger partial charge is 0.494 e. The molecule has 0 aliphatic heterocycles. The molecule has 2 nitrogen and oxygen atoms in total. The number of hydrogen-bond donors (Lipinski definition) is 1. The average molecular weight is 247 g/mol. The molecule has 0 radical (unpaired) electrons. The van der Waals surface area contributed by atoms with Crippen LogP contribution in [0.3, 0.4) is 0 Å². The van der Waals surface area contributed by atoms with Gasteiger partial charge in [0.15, 0.2) is 0 Å². The van der Waals surface area contributed by atoms with Gasteiger partial charge in [-0.15, -0.1) is 0 Å². The van der Waals surface area contributed by atoms with E-state index < -0.39 is 0 Å². The van der Waals surface area contributed by atoms with E-state index in [1.54, 1.807) is 0 Å². The fraction of sp³-hybridized carbons (Fsp3) is 0.500. The van der Waals surface area contributed by atoms with Gasteiger partial charge < -0.3 is 10.1 Å². The molecular formula is C16H25NO. The Kier molecular flexibility index (Phi) is 5.93. The predicted octanol–water partition coefficient (Wildman–Crippen LogP) is 3.88. The van der Waals surface area contributed by atoms with Crippen LogP contribution >= 0.6 is 0 Å². The molecule has 0 saturated carbocycles. The van der Waals surface area contributed by atoms with E-state index in [4.69, 9.17) is 4.74 Å². The van der Waals surface area contributed by atoms with Crippen LogP contribution in [0, 0.1) is 0 Å². The third-order valence-corrected chi connectivity index (χ3v) is 2.39. The Hall–Kier alpha value is -1.28. The fourth-order valence-corrected chi connectivity index (χ4v) is 1.49. The first kappa shape index (κ1) is 14.8. The summed E-state index contributed by atoms with van der Waals surface area (Å²) in [5.41, 5.74) is 1.34. The molecule has 1 N–H and O–H groups in total. The summed E-state index contributed by atoms with van der Waals surface area (Å²) in [5, 5.41) is 3.42. The van der Waals surface area contributed by atoms with Crippen LogP contribution in [-0.4, -0.2) is 18.7 Å². The van der Waals surface area contributed by atoms with Crippen LogP contribution in [0.25, 0.3) is 6.08 Å². The molecule has 18 heavy (non-hydrogen) atoms. The molecular weight excluding hydrogens is 222 g/mol. The highest BCUT2D eigenvalue weighted by molar-refractivity contribution is 5.51. The Morgan fingerprint density at radius 3 is 2.72 bits per heavy atom. The summed E-state index contributed by atoms with van der Waals surface area (Å²) < 4.78 is 5.61. The van der Waals surface area contributed by atoms with E-state index in [0.717, 1.165) is 25.3 Å². The maximum absolute atomic E-state index is 5.61. The number of benzene rings is 1. The van der Waals surface area contributed by atoms with Gasteiger partial charge in [0.25, 0.3) is 0 Å². The Balaban J connectivity index is 2.48. The van der Waals surface area contributed by atoms with Gasteiger partial charge in [-0.1, -0.05) is 31.2 Å². The molecule has 1 aromatic rings. The quantitative estimate of drug-likeness (QED) is 0.823. The maximum Gasteiger partial charge on any atom is 0.119 e. The third kappa shape index (κ3) is 6.45. The highest BCUT2D eigenvalue weighted by Gasteiger charge is 2.05. The summed E-state index contributed by atoms with van der Waals surface area (Å²) >= 11 is 0. The van der Waals surface area contributed by atoms with Gasteiger partial charge in [-0.05, 0) is 44.9 Å². The monoisotopic (exact) mass is 247 g/mol. The molecule has 0 aliphatic rings. The lowest BCUT2D eigenvalue weighted by Gasteiger charge is -2.18. The predicted molar refractivity (Wildman–Crippen MR) is 79.0 cm³/mol. The number of rotatable bonds is 6. The number of hydrogen-bond acceptors (Lipinski definition) is 2. The second kappa shape index (κ2) is 7.22. The Labute approximate surface area is 111 Å². The van der Waals surface area contributed by atoms with Crippen molar-refractivity contribution in [2.75, 3.05) is 13.2 Å². The highest BCUT2D eigenvalue weighted by Crippen LogP contribution is 2.14. The standard InChI is InChI=1S/C16H25NO/c1-5-12-18-15-10-6-8-14(13-15)9-7-11-17-16(2,3)4/h6-10,13,17H,5,11-12H2,1-4H3. The molecule has 0 fully saturated rings. The van der Waals surface area contributed by atoms with Crippen LogP contribution in [0.1, 0.15) is 39.7 Å². The second-order valence-electron chi connectivity index (χ2n) is 5.45. The molecule has 0 saturated heterocycles. The molecule has 0 spiro atoms. The van der Waals surface area contributed by atoms with Crippen molar-refractivity contribution in [3.63, 3.8) is 0 Å². The first-order valence-electron chi connectivity index (χ1n) is 6.66. The van der Waals surface area contributed by atoms with Crippen molar-refractivity contribution in [3.8, 4) is 5.75 Å². The van der Waals surface area contributed by atoms with Crippen molar-refractivity contribution in [1.82, 2.24) is 5.32 Å². The Morgan fingerprint density at radius 2 is 2.06 bits per heavy atom. The van der Waals surface area contributed by atoms with Gasteiger partial charge in [0.05, 0.1) is 6.61 Å². The van der Waals surface area contributed by atoms with Crippen molar-refractivity contribution in [3.05, 3.63) is 35.9 Å². The third-order valence-electron chi connectivity index (χ3n) is 2.39. The van der Waals surface area contributed by atoms with Crippen LogP contribution in [0.15, 0.2) is 30.3 Å². The van der Waals surface area contributed by atoms with Crippen molar-refractivity contribution in [1.29, 1.82) is 0 Å². The minimum absolute atomic E-state index is 0.163. The lowest BCUT2D eigenvalue weighted by atomic mass is 10.1. The molecule has 0 atom stereocenters. The molecule has 100 valence electrons. The van der Waals surface area contributed by atoms with E-state index in [0.29, 0.717) is 0 Å². The van der Waals surface area contributed by atoms with Crippen LogP contribution < -0.4 is 10.1 Å². The van der Waals surface area contributed by atoms with Gasteiger partial charge in [0.2, 0.25) is 0 Å². The van der Waals surface area contributed by atoms with Crippen molar-refractivity contribution in [2.45, 2.75) is 39.7 Å². The Morgan fingerprint density at radius 1 is 1.28 bits per heavy atom. The summed E-state index contributed by atoms with van der Waals surface area (Å²) in [6.07, 6.45) is 5.30. The van der Waals surface area contributed by atoms with Gasteiger partial charge >= 0.3 is 0 Å². The first-order chi connectivity index (χ1) is 8.51. The van der Waals surface area contributed by atoms with Gasteiger partial charge in [-0.25, -0.2) is 0 Å². The van der Waals surface area contributed by atoms with E-state index in [-0.39, 0.29) is 5.54 Å². The molecule has 0 aliphatic carbocycles. The van der Waals surface area contributed by atoms with Crippen LogP contribution in [0.4, 0.5) is 0 Å². The second-order valence-corrected chi connectivity index (χ2v) is 5.45. The fourth-order valence-electron chi connectivity index (χ4n) is 1.49. The van der Waals surface area contributed by atoms with Gasteiger partial charge in [-0.3, -0.25) is 0 Å². The lowest BCUT2D eigenvalue weighted by Crippen LogP contribution is -2.35. The van der Waals surface area contributed by atoms with Crippen LogP contribution in [0.2, 0.25) is 0 Å². The minimum atomic E-state index is 0.163. The molecule has 1 rings (SSSR count). The topological polar surface area (TPSA) is 21.3 Å². The number of nitrogens with one attached hydrogen (secondary N) is 1. The zero-order valence-electron chi connectivity index (χ0n) is 12.0. The molecule has 0 heterocycles. The molecule has 2 heteroatoms. The number of ether oxygens (including phenoxy) is 1. The zero-order chi connectivity index (χ0) is 13.4. The highest BCUT2D eigenvalue weighted by atomic mass is 16.5. The van der Waals surface area contributed by atoms with Crippen LogP contribution in [-0.2, 0) is 0 Å². The summed E-state index contributed by atoms with van der Waals surface area (Å²) in [7, 11) is 0. The molecule has 0 aromatic heterocycles. The van der Waals surface area contributed by atoms with E-state index in [9.17, 15) is 0 Å². The van der Waals surface area contributed by atoms with E-state index in [1.807, 2.05) is 12.1 Å². The minimum Gasteiger partial charge on any atom is -0.494 e. The van der Waals surface area contributed by atoms with Crippen molar-refractivity contribution in [2.24, 2.45) is 0 Å². The first-order valence-corrected chi connectivity index (χ1v) is 6.66. The lowest BCUT2D eigenvalue weighted by molar-refractivity contribution is 0.317. The van der Waals surface area contributed by atoms with Crippen molar-refractivity contribution < 1.29 is 4.74 Å². The maximum atomic E-state index is 5.61. The van der Waals surface area contributed by atoms with Gasteiger partial charge in [0, 0.05) is 12.1 Å². The summed E-state index contributed by atoms with van der Waals surface area (Å²) in [5.74, 6) is 0.947. The zero-order valence-corrected chi connectivity index (χ0v) is 12.0. The van der Waals surface area contributed by atoms with Gasteiger partial charge in [0.1, 0.15) is 5.75 Å². The van der Waals surface area contributed by atoms with E-state index in [1.165, 1.54) is 5.56 Å². The Bertz CT molecular complexity index is 377. The van der Waals surface area contributed by atoms with E-state index in [2.05, 4.69) is 57.3 Å². The van der Waals surface area contributed by atoms with Gasteiger partial charge in [-0.2, -0.15) is 0 Å². The van der Waals surface area contributed by atoms with Crippen LogP contribution in [0.5, 0.6) is 5.75 Å². The average Bonchev–Trinajstić information content (AvgIpc) is 2.31. The molecule has 1 aromatic carbocycles. The molecule has 0 bridgehead atoms. The molecule has 0 amide bonds. The summed E-state index contributed by atoms with van der Waals surface area (Å²) in [6, 6.07) is 8.19. The normalized spacial score (nSPS) is 12.0. The summed E-state index contributed by atoms with van der Waals surface area (Å²) in [6.45, 7) is 10.3. The summed E-state index contributed by atoms with van der Waals surface area (Å²) in [4.78, 5) is 0. The smallest absolute Gasteiger partial charge is 0.119 e. The van der Waals surface area contributed by atoms with E-state index >= 15 is 0 Å². The molecule has 0 unspecified atom stereocenters. The van der Waals surface area contributed by atoms with Crippen molar-refractivity contribution >= 4 is 6.08 Å².